The predicted molar refractivity (Wildman–Crippen MR) is 165 cm³/mol. The predicted octanol–water partition coefficient (Wildman–Crippen LogP) is 6.22. The maximum Gasteiger partial charge on any atom is 0.229 e. The largest absolute Gasteiger partial charge is 0.489 e. The van der Waals surface area contributed by atoms with Crippen LogP contribution in [-0.4, -0.2) is 64.6 Å². The van der Waals surface area contributed by atoms with Crippen LogP contribution in [0.15, 0.2) is 29.6 Å². The highest BCUT2D eigenvalue weighted by molar-refractivity contribution is 7.92. The molecule has 10 nitrogen and oxygen atoms in total. The first kappa shape index (κ1) is 31.1. The first-order valence-electron chi connectivity index (χ1n) is 14.1. The number of anilines is 4. The minimum Gasteiger partial charge on any atom is -0.489 e. The lowest BCUT2D eigenvalue weighted by Crippen LogP contribution is -2.31. The molecule has 4 rings (SSSR count). The van der Waals surface area contributed by atoms with E-state index in [2.05, 4.69) is 63.8 Å². The van der Waals surface area contributed by atoms with Gasteiger partial charge in [0.05, 0.1) is 28.9 Å². The van der Waals surface area contributed by atoms with Gasteiger partial charge in [0, 0.05) is 19.3 Å². The van der Waals surface area contributed by atoms with Gasteiger partial charge >= 0.3 is 0 Å². The van der Waals surface area contributed by atoms with E-state index in [9.17, 15) is 8.42 Å². The van der Waals surface area contributed by atoms with Gasteiger partial charge in [-0.2, -0.15) is 10.1 Å². The van der Waals surface area contributed by atoms with E-state index in [0.29, 0.717) is 23.6 Å². The maximum atomic E-state index is 12.9. The third kappa shape index (κ3) is 7.13. The van der Waals surface area contributed by atoms with E-state index in [1.165, 1.54) is 34.8 Å². The Labute approximate surface area is 248 Å². The molecule has 3 aromatic rings. The lowest BCUT2D eigenvalue weighted by molar-refractivity contribution is 0.215. The zero-order chi connectivity index (χ0) is 30.1. The number of aryl methyl sites for hydroxylation is 2. The Bertz CT molecular complexity index is 1480. The minimum absolute atomic E-state index is 0.0224. The van der Waals surface area contributed by atoms with Crippen molar-refractivity contribution in [1.82, 2.24) is 24.6 Å². The molecule has 0 atom stereocenters. The van der Waals surface area contributed by atoms with Gasteiger partial charge in [0.2, 0.25) is 20.8 Å². The zero-order valence-corrected chi connectivity index (χ0v) is 26.8. The van der Waals surface area contributed by atoms with Crippen LogP contribution >= 0.6 is 11.6 Å². The average molecular weight is 604 g/mol. The van der Waals surface area contributed by atoms with Crippen LogP contribution in [0.2, 0.25) is 5.02 Å². The van der Waals surface area contributed by atoms with E-state index in [4.69, 9.17) is 16.3 Å². The van der Waals surface area contributed by atoms with Crippen LogP contribution in [0.1, 0.15) is 70.4 Å². The molecule has 0 aliphatic heterocycles. The number of nitrogens with one attached hydrogen (secondary N) is 2. The highest BCUT2D eigenvalue weighted by Crippen LogP contribution is 2.40. The lowest BCUT2D eigenvalue weighted by Gasteiger charge is -2.33. The van der Waals surface area contributed by atoms with Crippen molar-refractivity contribution < 1.29 is 13.2 Å². The number of aromatic nitrogens is 4. The molecule has 0 bridgehead atoms. The quantitative estimate of drug-likeness (QED) is 0.279. The van der Waals surface area contributed by atoms with Crippen LogP contribution in [-0.2, 0) is 16.9 Å². The van der Waals surface area contributed by atoms with Crippen LogP contribution in [0.25, 0.3) is 0 Å². The molecule has 2 heterocycles. The number of rotatable bonds is 10. The van der Waals surface area contributed by atoms with Gasteiger partial charge in [-0.25, -0.2) is 13.4 Å². The van der Waals surface area contributed by atoms with Gasteiger partial charge in [0.1, 0.15) is 10.8 Å². The number of ether oxygens (including phenoxy) is 1. The van der Waals surface area contributed by atoms with E-state index in [0.717, 1.165) is 24.3 Å². The van der Waals surface area contributed by atoms with E-state index >= 15 is 0 Å². The molecule has 2 N–H and O–H groups in total. The van der Waals surface area contributed by atoms with Gasteiger partial charge in [-0.05, 0) is 104 Å². The molecule has 41 heavy (non-hydrogen) atoms. The molecule has 224 valence electrons. The van der Waals surface area contributed by atoms with E-state index in [1.54, 1.807) is 27.1 Å². The molecule has 0 unspecified atom stereocenters. The van der Waals surface area contributed by atoms with Crippen LogP contribution < -0.4 is 15.4 Å². The topological polar surface area (TPSA) is 114 Å². The molecule has 0 radical (unpaired) electrons. The van der Waals surface area contributed by atoms with Gasteiger partial charge in [-0.3, -0.25) is 4.68 Å². The molecule has 1 aliphatic rings. The minimum atomic E-state index is -3.64. The molecule has 0 saturated heterocycles. The van der Waals surface area contributed by atoms with E-state index < -0.39 is 15.1 Å². The Hall–Kier alpha value is -2.89. The molecule has 1 saturated carbocycles. The number of hydrogen-bond acceptors (Lipinski definition) is 9. The van der Waals surface area contributed by atoms with Gasteiger partial charge in [-0.15, -0.1) is 0 Å². The van der Waals surface area contributed by atoms with Crippen molar-refractivity contribution in [2.45, 2.75) is 88.6 Å². The first-order valence-corrected chi connectivity index (χ1v) is 16.0. The third-order valence-corrected chi connectivity index (χ3v) is 9.88. The van der Waals surface area contributed by atoms with Crippen molar-refractivity contribution >= 4 is 44.6 Å². The van der Waals surface area contributed by atoms with Crippen molar-refractivity contribution in [3.8, 4) is 5.75 Å². The summed E-state index contributed by atoms with van der Waals surface area (Å²) in [5, 5.41) is 10.1. The SMILES string of the molecule is Cc1cc(Nc2ncc(Cl)c(Nc3cn(C)nc3S(=O)(=O)C(C)C)n2)c(OC(C)C)cc1[C@H]1CC[C@H](N(C)C)CC1. The number of halogens is 1. The second kappa shape index (κ2) is 12.5. The second-order valence-corrected chi connectivity index (χ2v) is 14.4. The average Bonchev–Trinajstić information content (AvgIpc) is 3.28. The molecule has 12 heteroatoms. The van der Waals surface area contributed by atoms with Crippen molar-refractivity contribution in [3.05, 3.63) is 40.7 Å². The smallest absolute Gasteiger partial charge is 0.229 e. The number of sulfone groups is 1. The molecule has 1 fully saturated rings. The lowest BCUT2D eigenvalue weighted by atomic mass is 9.80. The van der Waals surface area contributed by atoms with Crippen molar-refractivity contribution in [3.63, 3.8) is 0 Å². The van der Waals surface area contributed by atoms with Crippen LogP contribution in [0.3, 0.4) is 0 Å². The summed E-state index contributed by atoms with van der Waals surface area (Å²) in [6, 6.07) is 4.88. The summed E-state index contributed by atoms with van der Waals surface area (Å²) < 4.78 is 33.5. The zero-order valence-electron chi connectivity index (χ0n) is 25.2. The summed E-state index contributed by atoms with van der Waals surface area (Å²) in [5.74, 6) is 1.78. The molecule has 1 aliphatic carbocycles. The standard InChI is InChI=1S/C29H42ClN7O3S/c1-17(2)40-26-14-22(20-9-11-21(12-10-20)36(6)7)19(5)13-24(26)33-29-31-15-23(30)27(34-29)32-25-16-37(8)35-28(25)41(38,39)18(3)4/h13-18,20-21H,9-12H2,1-8H3,(H2,31,32,33,34)/t20-,21-. The Morgan fingerprint density at radius 2 is 1.76 bits per heavy atom. The highest BCUT2D eigenvalue weighted by atomic mass is 35.5. The monoisotopic (exact) mass is 603 g/mol. The summed E-state index contributed by atoms with van der Waals surface area (Å²) in [5.41, 5.74) is 3.54. The van der Waals surface area contributed by atoms with Gasteiger partial charge in [0.15, 0.2) is 5.82 Å². The fraction of sp³-hybridized carbons (Fsp3) is 0.552. The molecular formula is C29H42ClN7O3S. The highest BCUT2D eigenvalue weighted by Gasteiger charge is 2.28. The van der Waals surface area contributed by atoms with Crippen LogP contribution in [0.4, 0.5) is 23.1 Å². The van der Waals surface area contributed by atoms with Gasteiger partial charge in [0.25, 0.3) is 0 Å². The fourth-order valence-corrected chi connectivity index (χ4v) is 6.48. The third-order valence-electron chi connectivity index (χ3n) is 7.53. The van der Waals surface area contributed by atoms with Gasteiger partial charge in [-0.1, -0.05) is 11.6 Å². The van der Waals surface area contributed by atoms with Crippen molar-refractivity contribution in [2.24, 2.45) is 7.05 Å². The normalized spacial score (nSPS) is 17.9. The van der Waals surface area contributed by atoms with E-state index in [-0.39, 0.29) is 22.0 Å². The van der Waals surface area contributed by atoms with Crippen LogP contribution in [0.5, 0.6) is 5.75 Å². The summed E-state index contributed by atoms with van der Waals surface area (Å²) in [6.07, 6.45) is 7.70. The molecular weight excluding hydrogens is 562 g/mol. The first-order chi connectivity index (χ1) is 19.3. The summed E-state index contributed by atoms with van der Waals surface area (Å²) in [7, 11) is 2.35. The van der Waals surface area contributed by atoms with Crippen molar-refractivity contribution in [1.29, 1.82) is 0 Å². The molecule has 0 spiro atoms. The Kier molecular flexibility index (Phi) is 9.50. The number of hydrogen-bond donors (Lipinski definition) is 2. The Morgan fingerprint density at radius 3 is 2.37 bits per heavy atom. The molecule has 0 amide bonds. The van der Waals surface area contributed by atoms with E-state index in [1.807, 2.05) is 13.8 Å². The summed E-state index contributed by atoms with van der Waals surface area (Å²) in [4.78, 5) is 11.3. The van der Waals surface area contributed by atoms with Crippen LogP contribution in [0, 0.1) is 6.92 Å². The van der Waals surface area contributed by atoms with Crippen molar-refractivity contribution in [2.75, 3.05) is 24.7 Å². The number of benzene rings is 1. The van der Waals surface area contributed by atoms with Gasteiger partial charge < -0.3 is 20.3 Å². The summed E-state index contributed by atoms with van der Waals surface area (Å²) in [6.45, 7) is 9.37. The second-order valence-electron chi connectivity index (χ2n) is 11.6. The molecule has 1 aromatic carbocycles. The maximum absolute atomic E-state index is 12.9. The Morgan fingerprint density at radius 1 is 1.07 bits per heavy atom. The summed E-state index contributed by atoms with van der Waals surface area (Å²) >= 11 is 6.43. The fourth-order valence-electron chi connectivity index (χ4n) is 5.25. The Balaban J connectivity index is 1.63. The molecule has 2 aromatic heterocycles. The number of nitrogens with zero attached hydrogens (tertiary/aromatic N) is 5.